The molecule has 0 unspecified atom stereocenters. The van der Waals surface area contributed by atoms with Gasteiger partial charge in [-0.1, -0.05) is 18.2 Å². The summed E-state index contributed by atoms with van der Waals surface area (Å²) >= 11 is 0. The summed E-state index contributed by atoms with van der Waals surface area (Å²) in [5.74, 6) is 0.467. The number of hydrogen-bond acceptors (Lipinski definition) is 4. The van der Waals surface area contributed by atoms with E-state index >= 15 is 0 Å². The minimum absolute atomic E-state index is 0.130. The molecule has 2 aromatic carbocycles. The lowest BCUT2D eigenvalue weighted by Crippen LogP contribution is -2.43. The maximum atomic E-state index is 13.0. The lowest BCUT2D eigenvalue weighted by atomic mass is 9.85. The first-order chi connectivity index (χ1) is 13.2. The van der Waals surface area contributed by atoms with Crippen molar-refractivity contribution in [2.45, 2.75) is 25.8 Å². The maximum absolute atomic E-state index is 13.0. The summed E-state index contributed by atoms with van der Waals surface area (Å²) in [4.78, 5) is 26.7. The van der Waals surface area contributed by atoms with Gasteiger partial charge >= 0.3 is 0 Å². The lowest BCUT2D eigenvalue weighted by molar-refractivity contribution is 0.0827. The Kier molecular flexibility index (Phi) is 5.27. The van der Waals surface area contributed by atoms with Crippen molar-refractivity contribution in [3.8, 4) is 5.75 Å². The van der Waals surface area contributed by atoms with Gasteiger partial charge in [0.15, 0.2) is 5.78 Å². The number of nitrogens with zero attached hydrogens (tertiary/aromatic N) is 1. The molecule has 1 N–H and O–H groups in total. The van der Waals surface area contributed by atoms with Crippen molar-refractivity contribution in [2.24, 2.45) is 0 Å². The van der Waals surface area contributed by atoms with E-state index in [1.54, 1.807) is 51.5 Å². The number of nitrogens with one attached hydrogen (secondary N) is 1. The van der Waals surface area contributed by atoms with E-state index in [0.29, 0.717) is 11.1 Å². The molecule has 0 saturated heterocycles. The minimum atomic E-state index is -0.170. The highest BCUT2D eigenvalue weighted by molar-refractivity contribution is 6.10. The van der Waals surface area contributed by atoms with Gasteiger partial charge in [0.05, 0.1) is 7.11 Å². The van der Waals surface area contributed by atoms with Crippen LogP contribution < -0.4 is 10.1 Å². The predicted molar refractivity (Wildman–Crippen MR) is 111 cm³/mol. The first kappa shape index (κ1) is 19.7. The number of benzene rings is 2. The molecule has 146 valence electrons. The molecule has 0 atom stereocenters. The van der Waals surface area contributed by atoms with Crippen LogP contribution in [-0.2, 0) is 6.42 Å². The van der Waals surface area contributed by atoms with Gasteiger partial charge in [-0.25, -0.2) is 0 Å². The van der Waals surface area contributed by atoms with Crippen LogP contribution in [0.5, 0.6) is 5.75 Å². The number of carbonyl (C=O) groups excluding carboxylic acids is 2. The second-order valence-electron chi connectivity index (χ2n) is 7.91. The van der Waals surface area contributed by atoms with Crippen LogP contribution in [0.25, 0.3) is 5.70 Å². The van der Waals surface area contributed by atoms with Crippen molar-refractivity contribution in [2.75, 3.05) is 21.2 Å². The summed E-state index contributed by atoms with van der Waals surface area (Å²) in [5.41, 5.74) is 3.70. The van der Waals surface area contributed by atoms with E-state index in [0.717, 1.165) is 23.4 Å². The Balaban J connectivity index is 2.00. The summed E-state index contributed by atoms with van der Waals surface area (Å²) < 4.78 is 5.35. The van der Waals surface area contributed by atoms with Crippen LogP contribution in [-0.4, -0.2) is 43.3 Å². The fraction of sp³-hybridized carbons (Fsp3) is 0.304. The van der Waals surface area contributed by atoms with Crippen molar-refractivity contribution >= 4 is 17.4 Å². The van der Waals surface area contributed by atoms with E-state index in [9.17, 15) is 9.59 Å². The quantitative estimate of drug-likeness (QED) is 0.653. The molecule has 1 aliphatic rings. The Labute approximate surface area is 166 Å². The zero-order valence-electron chi connectivity index (χ0n) is 17.0. The van der Waals surface area contributed by atoms with Crippen molar-refractivity contribution < 1.29 is 14.3 Å². The molecule has 5 heteroatoms. The fourth-order valence-corrected chi connectivity index (χ4v) is 3.43. The van der Waals surface area contributed by atoms with Crippen LogP contribution in [0.1, 0.15) is 45.7 Å². The average molecular weight is 378 g/mol. The maximum Gasteiger partial charge on any atom is 0.253 e. The highest BCUT2D eigenvalue weighted by Crippen LogP contribution is 2.32. The Bertz CT molecular complexity index is 958. The van der Waals surface area contributed by atoms with Gasteiger partial charge in [-0.15, -0.1) is 0 Å². The highest BCUT2D eigenvalue weighted by atomic mass is 16.5. The third-order valence-corrected chi connectivity index (χ3v) is 4.79. The van der Waals surface area contributed by atoms with Gasteiger partial charge in [0.25, 0.3) is 5.91 Å². The van der Waals surface area contributed by atoms with Crippen molar-refractivity contribution in [1.29, 1.82) is 0 Å². The number of methoxy groups -OCH3 is 1. The van der Waals surface area contributed by atoms with Gasteiger partial charge in [0.1, 0.15) is 5.75 Å². The third kappa shape index (κ3) is 4.09. The summed E-state index contributed by atoms with van der Waals surface area (Å²) in [5, 5.41) is 3.47. The number of ether oxygens (including phenoxy) is 1. The third-order valence-electron chi connectivity index (χ3n) is 4.79. The zero-order chi connectivity index (χ0) is 20.5. The number of fused-ring (bicyclic) bond motifs is 1. The van der Waals surface area contributed by atoms with Crippen LogP contribution in [0, 0.1) is 0 Å². The van der Waals surface area contributed by atoms with Crippen molar-refractivity contribution in [3.05, 3.63) is 70.8 Å². The molecule has 3 rings (SSSR count). The Morgan fingerprint density at radius 3 is 2.50 bits per heavy atom. The van der Waals surface area contributed by atoms with Crippen molar-refractivity contribution in [3.63, 3.8) is 0 Å². The molecule has 28 heavy (non-hydrogen) atoms. The summed E-state index contributed by atoms with van der Waals surface area (Å²) in [6, 6.07) is 12.8. The van der Waals surface area contributed by atoms with Crippen LogP contribution in [0.2, 0.25) is 0 Å². The summed E-state index contributed by atoms with van der Waals surface area (Å²) in [6.45, 7) is 4.21. The predicted octanol–water partition coefficient (Wildman–Crippen LogP) is 3.55. The van der Waals surface area contributed by atoms with E-state index in [1.165, 1.54) is 10.5 Å². The zero-order valence-corrected chi connectivity index (χ0v) is 17.0. The summed E-state index contributed by atoms with van der Waals surface area (Å²) in [6.07, 6.45) is 2.46. The van der Waals surface area contributed by atoms with E-state index in [1.807, 2.05) is 18.2 Å². The second kappa shape index (κ2) is 7.50. The molecule has 0 spiro atoms. The van der Waals surface area contributed by atoms with E-state index < -0.39 is 0 Å². The Hall–Kier alpha value is -3.08. The molecular formula is C23H26N2O3. The number of rotatable bonds is 4. The molecule has 0 aromatic heterocycles. The molecule has 2 aromatic rings. The second-order valence-corrected chi connectivity index (χ2v) is 7.91. The number of carbonyl (C=O) groups is 2. The topological polar surface area (TPSA) is 58.6 Å². The van der Waals surface area contributed by atoms with Gasteiger partial charge in [-0.2, -0.15) is 0 Å². The van der Waals surface area contributed by atoms with Crippen LogP contribution in [0.15, 0.2) is 48.5 Å². The van der Waals surface area contributed by atoms with Gasteiger partial charge in [0.2, 0.25) is 0 Å². The largest absolute Gasteiger partial charge is 0.497 e. The first-order valence-electron chi connectivity index (χ1n) is 9.23. The average Bonchev–Trinajstić information content (AvgIpc) is 2.66. The number of allylic oxidation sites excluding steroid dienone is 1. The molecule has 0 fully saturated rings. The lowest BCUT2D eigenvalue weighted by Gasteiger charge is -2.35. The van der Waals surface area contributed by atoms with Crippen LogP contribution in [0.3, 0.4) is 0 Å². The number of ketones is 1. The molecule has 5 nitrogen and oxygen atoms in total. The SMILES string of the molecule is COc1ccc2c(c1)C(=CC(=O)c1cccc(C(=O)N(C)C)c1)NC(C)(C)C2. The molecule has 0 radical (unpaired) electrons. The van der Waals surface area contributed by atoms with Crippen LogP contribution >= 0.6 is 0 Å². The molecule has 1 amide bonds. The van der Waals surface area contributed by atoms with Gasteiger partial charge < -0.3 is 15.0 Å². The summed E-state index contributed by atoms with van der Waals surface area (Å²) in [7, 11) is 5.01. The van der Waals surface area contributed by atoms with Gasteiger partial charge in [-0.3, -0.25) is 9.59 Å². The number of hydrogen-bond donors (Lipinski definition) is 1. The monoisotopic (exact) mass is 378 g/mol. The highest BCUT2D eigenvalue weighted by Gasteiger charge is 2.28. The van der Waals surface area contributed by atoms with Crippen LogP contribution in [0.4, 0.5) is 0 Å². The van der Waals surface area contributed by atoms with E-state index in [4.69, 9.17) is 4.74 Å². The van der Waals surface area contributed by atoms with Gasteiger partial charge in [0, 0.05) is 48.1 Å². The number of amides is 1. The normalized spacial score (nSPS) is 16.1. The van der Waals surface area contributed by atoms with Gasteiger partial charge in [-0.05, 0) is 50.1 Å². The molecule has 0 aliphatic carbocycles. The molecule has 1 heterocycles. The molecular weight excluding hydrogens is 352 g/mol. The van der Waals surface area contributed by atoms with E-state index in [-0.39, 0.29) is 17.2 Å². The molecule has 0 bridgehead atoms. The first-order valence-corrected chi connectivity index (χ1v) is 9.23. The Morgan fingerprint density at radius 2 is 1.82 bits per heavy atom. The van der Waals surface area contributed by atoms with Crippen molar-refractivity contribution in [1.82, 2.24) is 10.2 Å². The molecule has 0 saturated carbocycles. The molecule has 1 aliphatic heterocycles. The smallest absolute Gasteiger partial charge is 0.253 e. The minimum Gasteiger partial charge on any atom is -0.497 e. The standard InChI is InChI=1S/C23H26N2O3/c1-23(2)14-17-9-10-18(28-5)12-19(17)20(24-23)13-21(26)15-7-6-8-16(11-15)22(27)25(3)4/h6-13,24H,14H2,1-5H3. The fourth-order valence-electron chi connectivity index (χ4n) is 3.43. The van der Waals surface area contributed by atoms with E-state index in [2.05, 4.69) is 19.2 Å². The Morgan fingerprint density at radius 1 is 1.11 bits per heavy atom.